The van der Waals surface area contributed by atoms with Crippen LogP contribution in [-0.4, -0.2) is 36.4 Å². The molecule has 15 heavy (non-hydrogen) atoms. The van der Waals surface area contributed by atoms with Gasteiger partial charge < -0.3 is 20.9 Å². The van der Waals surface area contributed by atoms with Crippen molar-refractivity contribution in [3.63, 3.8) is 0 Å². The van der Waals surface area contributed by atoms with Crippen LogP contribution >= 0.6 is 0 Å². The molecule has 6 nitrogen and oxygen atoms in total. The SMILES string of the molecule is CC(C)CC(COCC(N)=O)NC(=O)O. The normalized spacial score (nSPS) is 12.5. The van der Waals surface area contributed by atoms with E-state index in [0.29, 0.717) is 12.3 Å². The van der Waals surface area contributed by atoms with Gasteiger partial charge in [-0.3, -0.25) is 4.79 Å². The summed E-state index contributed by atoms with van der Waals surface area (Å²) in [5, 5.41) is 10.9. The van der Waals surface area contributed by atoms with Crippen LogP contribution in [0.2, 0.25) is 0 Å². The number of primary amides is 1. The molecular formula is C9H18N2O4. The van der Waals surface area contributed by atoms with Crippen LogP contribution in [0.1, 0.15) is 20.3 Å². The number of carbonyl (C=O) groups excluding carboxylic acids is 1. The van der Waals surface area contributed by atoms with Gasteiger partial charge in [0.2, 0.25) is 5.91 Å². The summed E-state index contributed by atoms with van der Waals surface area (Å²) >= 11 is 0. The van der Waals surface area contributed by atoms with Gasteiger partial charge in [-0.2, -0.15) is 0 Å². The molecule has 0 radical (unpaired) electrons. The van der Waals surface area contributed by atoms with Crippen molar-refractivity contribution in [1.29, 1.82) is 0 Å². The number of rotatable bonds is 7. The van der Waals surface area contributed by atoms with E-state index in [1.54, 1.807) is 0 Å². The summed E-state index contributed by atoms with van der Waals surface area (Å²) in [6, 6.07) is -0.304. The van der Waals surface area contributed by atoms with Gasteiger partial charge in [0.05, 0.1) is 12.6 Å². The first kappa shape index (κ1) is 13.7. The molecule has 0 saturated heterocycles. The number of carboxylic acid groups (broad SMARTS) is 1. The molecule has 0 aliphatic carbocycles. The fourth-order valence-corrected chi connectivity index (χ4v) is 1.21. The minimum atomic E-state index is -1.09. The van der Waals surface area contributed by atoms with E-state index in [0.717, 1.165) is 0 Å². The van der Waals surface area contributed by atoms with Gasteiger partial charge in [0.15, 0.2) is 0 Å². The minimum absolute atomic E-state index is 0.160. The Morgan fingerprint density at radius 2 is 2.07 bits per heavy atom. The highest BCUT2D eigenvalue weighted by molar-refractivity contribution is 5.75. The van der Waals surface area contributed by atoms with E-state index in [-0.39, 0.29) is 19.3 Å². The molecule has 0 aromatic rings. The first-order valence-electron chi connectivity index (χ1n) is 4.77. The predicted molar refractivity (Wildman–Crippen MR) is 54.4 cm³/mol. The van der Waals surface area contributed by atoms with Gasteiger partial charge in [-0.15, -0.1) is 0 Å². The van der Waals surface area contributed by atoms with Crippen molar-refractivity contribution in [2.45, 2.75) is 26.3 Å². The Labute approximate surface area is 88.8 Å². The number of amides is 2. The fraction of sp³-hybridized carbons (Fsp3) is 0.778. The third-order valence-electron chi connectivity index (χ3n) is 1.65. The van der Waals surface area contributed by atoms with E-state index in [1.807, 2.05) is 13.8 Å². The number of hydrogen-bond donors (Lipinski definition) is 3. The lowest BCUT2D eigenvalue weighted by Crippen LogP contribution is -2.39. The second-order valence-electron chi connectivity index (χ2n) is 3.76. The third-order valence-corrected chi connectivity index (χ3v) is 1.65. The van der Waals surface area contributed by atoms with Crippen molar-refractivity contribution < 1.29 is 19.4 Å². The highest BCUT2D eigenvalue weighted by atomic mass is 16.5. The molecule has 0 aliphatic rings. The molecular weight excluding hydrogens is 200 g/mol. The molecule has 0 heterocycles. The second-order valence-corrected chi connectivity index (χ2v) is 3.76. The van der Waals surface area contributed by atoms with E-state index in [4.69, 9.17) is 15.6 Å². The average molecular weight is 218 g/mol. The van der Waals surface area contributed by atoms with Crippen molar-refractivity contribution in [3.05, 3.63) is 0 Å². The van der Waals surface area contributed by atoms with Gasteiger partial charge >= 0.3 is 6.09 Å². The first-order valence-corrected chi connectivity index (χ1v) is 4.77. The molecule has 1 atom stereocenters. The lowest BCUT2D eigenvalue weighted by molar-refractivity contribution is -0.122. The molecule has 0 rings (SSSR count). The maximum Gasteiger partial charge on any atom is 0.404 e. The summed E-state index contributed by atoms with van der Waals surface area (Å²) in [6.45, 7) is 3.93. The van der Waals surface area contributed by atoms with Gasteiger partial charge in [-0.25, -0.2) is 4.79 Å². The summed E-state index contributed by atoms with van der Waals surface area (Å²) in [5.74, 6) is -0.215. The molecule has 4 N–H and O–H groups in total. The first-order chi connectivity index (χ1) is 6.91. The van der Waals surface area contributed by atoms with Gasteiger partial charge in [-0.1, -0.05) is 13.8 Å². The van der Waals surface area contributed by atoms with E-state index >= 15 is 0 Å². The van der Waals surface area contributed by atoms with Gasteiger partial charge in [-0.05, 0) is 12.3 Å². The topological polar surface area (TPSA) is 102 Å². The Morgan fingerprint density at radius 3 is 2.47 bits per heavy atom. The summed E-state index contributed by atoms with van der Waals surface area (Å²) in [7, 11) is 0. The van der Waals surface area contributed by atoms with Crippen molar-refractivity contribution in [3.8, 4) is 0 Å². The number of ether oxygens (including phenoxy) is 1. The van der Waals surface area contributed by atoms with Crippen LogP contribution in [0.5, 0.6) is 0 Å². The molecule has 0 aromatic carbocycles. The van der Waals surface area contributed by atoms with E-state index in [9.17, 15) is 9.59 Å². The largest absolute Gasteiger partial charge is 0.465 e. The average Bonchev–Trinajstić information content (AvgIpc) is 2.00. The Kier molecular flexibility index (Phi) is 6.44. The minimum Gasteiger partial charge on any atom is -0.465 e. The molecule has 0 spiro atoms. The molecule has 6 heteroatoms. The number of nitrogens with one attached hydrogen (secondary N) is 1. The summed E-state index contributed by atoms with van der Waals surface area (Å²) < 4.78 is 4.96. The smallest absolute Gasteiger partial charge is 0.404 e. The molecule has 0 aromatic heterocycles. The molecule has 0 aliphatic heterocycles. The van der Waals surface area contributed by atoms with Crippen LogP contribution in [0.3, 0.4) is 0 Å². The van der Waals surface area contributed by atoms with Crippen molar-refractivity contribution >= 4 is 12.0 Å². The van der Waals surface area contributed by atoms with Crippen molar-refractivity contribution in [2.75, 3.05) is 13.2 Å². The van der Waals surface area contributed by atoms with Crippen LogP contribution in [0.4, 0.5) is 4.79 Å². The Hall–Kier alpha value is -1.30. The lowest BCUT2D eigenvalue weighted by atomic mass is 10.0. The number of hydrogen-bond acceptors (Lipinski definition) is 3. The van der Waals surface area contributed by atoms with Gasteiger partial charge in [0, 0.05) is 0 Å². The van der Waals surface area contributed by atoms with E-state index < -0.39 is 12.0 Å². The Balaban J connectivity index is 3.89. The van der Waals surface area contributed by atoms with Crippen LogP contribution in [0.15, 0.2) is 0 Å². The maximum absolute atomic E-state index is 10.4. The fourth-order valence-electron chi connectivity index (χ4n) is 1.21. The molecule has 88 valence electrons. The van der Waals surface area contributed by atoms with Crippen molar-refractivity contribution in [2.24, 2.45) is 11.7 Å². The van der Waals surface area contributed by atoms with Crippen LogP contribution in [-0.2, 0) is 9.53 Å². The van der Waals surface area contributed by atoms with E-state index in [1.165, 1.54) is 0 Å². The molecule has 0 fully saturated rings. The van der Waals surface area contributed by atoms with Gasteiger partial charge in [0.1, 0.15) is 6.61 Å². The maximum atomic E-state index is 10.4. The zero-order valence-corrected chi connectivity index (χ0v) is 9.03. The predicted octanol–water partition coefficient (Wildman–Crippen LogP) is 0.171. The van der Waals surface area contributed by atoms with Crippen LogP contribution < -0.4 is 11.1 Å². The molecule has 1 unspecified atom stereocenters. The van der Waals surface area contributed by atoms with Crippen LogP contribution in [0, 0.1) is 5.92 Å². The van der Waals surface area contributed by atoms with Crippen LogP contribution in [0.25, 0.3) is 0 Å². The number of nitrogens with two attached hydrogens (primary N) is 1. The summed E-state index contributed by atoms with van der Waals surface area (Å²) in [4.78, 5) is 20.8. The van der Waals surface area contributed by atoms with E-state index in [2.05, 4.69) is 5.32 Å². The molecule has 0 bridgehead atoms. The zero-order valence-electron chi connectivity index (χ0n) is 9.03. The third kappa shape index (κ3) is 9.01. The molecule has 0 saturated carbocycles. The monoisotopic (exact) mass is 218 g/mol. The Morgan fingerprint density at radius 1 is 1.47 bits per heavy atom. The van der Waals surface area contributed by atoms with Crippen molar-refractivity contribution in [1.82, 2.24) is 5.32 Å². The highest BCUT2D eigenvalue weighted by Gasteiger charge is 2.13. The summed E-state index contributed by atoms with van der Waals surface area (Å²) in [6.07, 6.45) is -0.436. The lowest BCUT2D eigenvalue weighted by Gasteiger charge is -2.18. The number of carbonyl (C=O) groups is 2. The standard InChI is InChI=1S/C9H18N2O4/c1-6(2)3-7(11-9(13)14)4-15-5-8(10)12/h6-7,11H,3-5H2,1-2H3,(H2,10,12)(H,13,14). The quantitative estimate of drug-likeness (QED) is 0.567. The second kappa shape index (κ2) is 7.05. The zero-order chi connectivity index (χ0) is 11.8. The highest BCUT2D eigenvalue weighted by Crippen LogP contribution is 2.05. The summed E-state index contributed by atoms with van der Waals surface area (Å²) in [5.41, 5.74) is 4.88. The molecule has 2 amide bonds. The van der Waals surface area contributed by atoms with Gasteiger partial charge in [0.25, 0.3) is 0 Å². The Bertz CT molecular complexity index is 218.